The summed E-state index contributed by atoms with van der Waals surface area (Å²) in [6, 6.07) is 6.09. The van der Waals surface area contributed by atoms with E-state index in [2.05, 4.69) is 34.2 Å². The van der Waals surface area contributed by atoms with Gasteiger partial charge in [0.05, 0.1) is 5.75 Å². The second kappa shape index (κ2) is 7.53. The minimum absolute atomic E-state index is 0.217. The minimum atomic E-state index is -2.88. The minimum Gasteiger partial charge on any atom is -0.313 e. The molecular weight excluding hydrogens is 334 g/mol. The lowest BCUT2D eigenvalue weighted by Gasteiger charge is -2.10. The van der Waals surface area contributed by atoms with Crippen molar-refractivity contribution in [3.63, 3.8) is 0 Å². The highest BCUT2D eigenvalue weighted by atomic mass is 79.9. The van der Waals surface area contributed by atoms with Crippen molar-refractivity contribution in [3.05, 3.63) is 28.2 Å². The summed E-state index contributed by atoms with van der Waals surface area (Å²) in [7, 11) is -2.88. The largest absolute Gasteiger partial charge is 0.313 e. The van der Waals surface area contributed by atoms with E-state index in [0.717, 1.165) is 22.5 Å². The molecule has 0 aliphatic rings. The van der Waals surface area contributed by atoms with Gasteiger partial charge in [0, 0.05) is 27.9 Å². The molecule has 1 N–H and O–H groups in total. The number of hydrogen-bond acceptors (Lipinski definition) is 4. The van der Waals surface area contributed by atoms with E-state index in [-0.39, 0.29) is 5.75 Å². The second-order valence-electron chi connectivity index (χ2n) is 4.01. The second-order valence-corrected chi connectivity index (χ2v) is 8.32. The molecule has 1 aromatic carbocycles. The maximum Gasteiger partial charge on any atom is 0.148 e. The van der Waals surface area contributed by atoms with Crippen LogP contribution in [0.15, 0.2) is 27.6 Å². The average Bonchev–Trinajstić information content (AvgIpc) is 2.27. The first-order valence-corrected chi connectivity index (χ1v) is 9.56. The van der Waals surface area contributed by atoms with Crippen LogP contribution in [0.5, 0.6) is 0 Å². The maximum atomic E-state index is 11.1. The van der Waals surface area contributed by atoms with Crippen molar-refractivity contribution in [2.75, 3.05) is 24.3 Å². The highest BCUT2D eigenvalue weighted by Crippen LogP contribution is 2.26. The summed E-state index contributed by atoms with van der Waals surface area (Å²) < 4.78 is 23.2. The first-order chi connectivity index (χ1) is 8.42. The molecule has 0 saturated carbocycles. The zero-order valence-electron chi connectivity index (χ0n) is 10.6. The van der Waals surface area contributed by atoms with Crippen LogP contribution >= 0.6 is 27.7 Å². The van der Waals surface area contributed by atoms with Crippen molar-refractivity contribution in [3.8, 4) is 0 Å². The summed E-state index contributed by atoms with van der Waals surface area (Å²) in [5.74, 6) is 0.813. The predicted octanol–water partition coefficient (Wildman–Crippen LogP) is 2.70. The average molecular weight is 352 g/mol. The lowest BCUT2D eigenvalue weighted by atomic mass is 10.2. The van der Waals surface area contributed by atoms with Crippen molar-refractivity contribution in [1.29, 1.82) is 0 Å². The Hall–Kier alpha value is -0.0400. The Morgan fingerprint density at radius 1 is 1.39 bits per heavy atom. The molecule has 102 valence electrons. The molecule has 1 rings (SSSR count). The molecule has 0 unspecified atom stereocenters. The molecule has 0 spiro atoms. The number of hydrogen-bond donors (Lipinski definition) is 1. The molecule has 0 saturated heterocycles. The standard InChI is InChI=1S/C12H18BrNO2S2/c1-3-14-9-10-8-11(13)4-5-12(10)17-6-7-18(2,15)16/h4-5,8,14H,3,6-7,9H2,1-2H3. The predicted molar refractivity (Wildman–Crippen MR) is 82.0 cm³/mol. The molecule has 0 aliphatic carbocycles. The summed E-state index contributed by atoms with van der Waals surface area (Å²) >= 11 is 5.05. The van der Waals surface area contributed by atoms with Crippen LogP contribution in [0.2, 0.25) is 0 Å². The van der Waals surface area contributed by atoms with Crippen LogP contribution in [0, 0.1) is 0 Å². The normalized spacial score (nSPS) is 11.7. The molecule has 0 radical (unpaired) electrons. The fraction of sp³-hybridized carbons (Fsp3) is 0.500. The van der Waals surface area contributed by atoms with Gasteiger partial charge in [-0.15, -0.1) is 11.8 Å². The van der Waals surface area contributed by atoms with Crippen LogP contribution < -0.4 is 5.32 Å². The van der Waals surface area contributed by atoms with Crippen LogP contribution in [0.25, 0.3) is 0 Å². The third-order valence-electron chi connectivity index (χ3n) is 2.30. The van der Waals surface area contributed by atoms with Crippen LogP contribution in [0.1, 0.15) is 12.5 Å². The molecule has 0 amide bonds. The summed E-state index contributed by atoms with van der Waals surface area (Å²) in [6.07, 6.45) is 1.27. The molecule has 0 fully saturated rings. The fourth-order valence-corrected chi connectivity index (χ4v) is 4.04. The molecule has 0 aromatic heterocycles. The zero-order valence-corrected chi connectivity index (χ0v) is 13.8. The van der Waals surface area contributed by atoms with E-state index in [4.69, 9.17) is 0 Å². The molecule has 6 heteroatoms. The number of benzene rings is 1. The topological polar surface area (TPSA) is 46.2 Å². The van der Waals surface area contributed by atoms with Crippen molar-refractivity contribution in [2.45, 2.75) is 18.4 Å². The van der Waals surface area contributed by atoms with Gasteiger partial charge >= 0.3 is 0 Å². The van der Waals surface area contributed by atoms with Gasteiger partial charge in [0.2, 0.25) is 0 Å². The van der Waals surface area contributed by atoms with E-state index in [0.29, 0.717) is 5.75 Å². The van der Waals surface area contributed by atoms with E-state index >= 15 is 0 Å². The van der Waals surface area contributed by atoms with Crippen LogP contribution in [-0.2, 0) is 16.4 Å². The summed E-state index contributed by atoms with van der Waals surface area (Å²) in [6.45, 7) is 3.78. The fourth-order valence-electron chi connectivity index (χ4n) is 1.39. The Labute approximate surface area is 122 Å². The Kier molecular flexibility index (Phi) is 6.70. The quantitative estimate of drug-likeness (QED) is 0.767. The molecular formula is C12H18BrNO2S2. The highest BCUT2D eigenvalue weighted by Gasteiger charge is 2.06. The van der Waals surface area contributed by atoms with E-state index in [1.54, 1.807) is 11.8 Å². The molecule has 0 heterocycles. The summed E-state index contributed by atoms with van der Waals surface area (Å²) in [5, 5.41) is 3.29. The number of rotatable bonds is 7. The first kappa shape index (κ1) is 16.0. The van der Waals surface area contributed by atoms with Gasteiger partial charge in [-0.25, -0.2) is 8.42 Å². The molecule has 0 atom stereocenters. The number of halogens is 1. The van der Waals surface area contributed by atoms with Gasteiger partial charge in [-0.05, 0) is 30.3 Å². The summed E-state index contributed by atoms with van der Waals surface area (Å²) in [5.41, 5.74) is 1.20. The van der Waals surface area contributed by atoms with Crippen LogP contribution in [-0.4, -0.2) is 32.7 Å². The molecule has 3 nitrogen and oxygen atoms in total. The van der Waals surface area contributed by atoms with Crippen molar-refractivity contribution in [2.24, 2.45) is 0 Å². The highest BCUT2D eigenvalue weighted by molar-refractivity contribution is 9.10. The SMILES string of the molecule is CCNCc1cc(Br)ccc1SCCS(C)(=O)=O. The van der Waals surface area contributed by atoms with Gasteiger partial charge in [0.25, 0.3) is 0 Å². The van der Waals surface area contributed by atoms with E-state index in [1.165, 1.54) is 11.8 Å². The van der Waals surface area contributed by atoms with Gasteiger partial charge < -0.3 is 5.32 Å². The Morgan fingerprint density at radius 3 is 2.72 bits per heavy atom. The first-order valence-electron chi connectivity index (χ1n) is 5.72. The number of thioether (sulfide) groups is 1. The monoisotopic (exact) mass is 351 g/mol. The van der Waals surface area contributed by atoms with Gasteiger partial charge in [-0.2, -0.15) is 0 Å². The lowest BCUT2D eigenvalue weighted by Crippen LogP contribution is -2.12. The Balaban J connectivity index is 2.68. The van der Waals surface area contributed by atoms with Gasteiger partial charge in [-0.1, -0.05) is 22.9 Å². The summed E-state index contributed by atoms with van der Waals surface area (Å²) in [4.78, 5) is 1.14. The number of sulfone groups is 1. The molecule has 0 bridgehead atoms. The maximum absolute atomic E-state index is 11.1. The van der Waals surface area contributed by atoms with Crippen molar-refractivity contribution >= 4 is 37.5 Å². The van der Waals surface area contributed by atoms with Crippen LogP contribution in [0.3, 0.4) is 0 Å². The van der Waals surface area contributed by atoms with Gasteiger partial charge in [0.15, 0.2) is 0 Å². The molecule has 0 aliphatic heterocycles. The van der Waals surface area contributed by atoms with Crippen molar-refractivity contribution in [1.82, 2.24) is 5.32 Å². The Bertz CT molecular complexity index is 489. The Morgan fingerprint density at radius 2 is 2.11 bits per heavy atom. The van der Waals surface area contributed by atoms with Crippen LogP contribution in [0.4, 0.5) is 0 Å². The number of nitrogens with one attached hydrogen (secondary N) is 1. The van der Waals surface area contributed by atoms with E-state index < -0.39 is 9.84 Å². The molecule has 18 heavy (non-hydrogen) atoms. The zero-order chi connectivity index (χ0) is 13.6. The molecule has 1 aromatic rings. The van der Waals surface area contributed by atoms with Crippen molar-refractivity contribution < 1.29 is 8.42 Å². The van der Waals surface area contributed by atoms with E-state index in [9.17, 15) is 8.42 Å². The third kappa shape index (κ3) is 6.22. The van der Waals surface area contributed by atoms with E-state index in [1.807, 2.05) is 12.1 Å². The van der Waals surface area contributed by atoms with Gasteiger partial charge in [-0.3, -0.25) is 0 Å². The van der Waals surface area contributed by atoms with Gasteiger partial charge in [0.1, 0.15) is 9.84 Å². The lowest BCUT2D eigenvalue weighted by molar-refractivity contribution is 0.603. The smallest absolute Gasteiger partial charge is 0.148 e. The third-order valence-corrected chi connectivity index (χ3v) is 5.11.